The molecule has 120 valence electrons. The molecule has 0 aliphatic rings. The van der Waals surface area contributed by atoms with Crippen LogP contribution in [0, 0.1) is 0 Å². The Morgan fingerprint density at radius 3 is 2.71 bits per heavy atom. The van der Waals surface area contributed by atoms with Gasteiger partial charge in [0.25, 0.3) is 0 Å². The Kier molecular flexibility index (Phi) is 9.50. The lowest BCUT2D eigenvalue weighted by molar-refractivity contribution is 0.727. The summed E-state index contributed by atoms with van der Waals surface area (Å²) in [4.78, 5) is 8.89. The van der Waals surface area contributed by atoms with E-state index in [1.807, 2.05) is 18.8 Å². The largest absolute Gasteiger partial charge is 0.356 e. The molecule has 0 unspecified atom stereocenters. The summed E-state index contributed by atoms with van der Waals surface area (Å²) >= 11 is 3.66. The summed E-state index contributed by atoms with van der Waals surface area (Å²) in [6.07, 6.45) is 5.53. The maximum atomic E-state index is 4.64. The zero-order chi connectivity index (χ0) is 15.5. The molecule has 1 aromatic heterocycles. The molecule has 21 heavy (non-hydrogen) atoms. The zero-order valence-electron chi connectivity index (χ0n) is 13.6. The second-order valence-electron chi connectivity index (χ2n) is 5.21. The van der Waals surface area contributed by atoms with Crippen molar-refractivity contribution in [3.63, 3.8) is 0 Å². The topological polar surface area (TPSA) is 49.3 Å². The molecule has 0 saturated carbocycles. The molecule has 0 aliphatic heterocycles. The fraction of sp³-hybridized carbons (Fsp3) is 0.733. The lowest BCUT2D eigenvalue weighted by Gasteiger charge is -2.11. The van der Waals surface area contributed by atoms with Gasteiger partial charge in [-0.15, -0.1) is 11.3 Å². The van der Waals surface area contributed by atoms with Crippen molar-refractivity contribution >= 4 is 29.1 Å². The van der Waals surface area contributed by atoms with Crippen LogP contribution in [0.1, 0.15) is 43.3 Å². The molecule has 0 radical (unpaired) electrons. The van der Waals surface area contributed by atoms with Crippen molar-refractivity contribution in [2.24, 2.45) is 4.99 Å². The molecule has 2 N–H and O–H groups in total. The summed E-state index contributed by atoms with van der Waals surface area (Å²) < 4.78 is 0. The lowest BCUT2D eigenvalue weighted by Crippen LogP contribution is -2.38. The molecule has 0 amide bonds. The number of hydrogen-bond acceptors (Lipinski definition) is 4. The molecule has 0 saturated heterocycles. The van der Waals surface area contributed by atoms with E-state index >= 15 is 0 Å². The van der Waals surface area contributed by atoms with Crippen LogP contribution in [0.2, 0.25) is 0 Å². The standard InChI is InChI=1S/C15H28N4S2/c1-12(2)14-19-13(11-21-14)7-9-18-15(16-3)17-8-5-6-10-20-4/h11-12H,5-10H2,1-4H3,(H2,16,17,18). The van der Waals surface area contributed by atoms with Crippen LogP contribution in [0.5, 0.6) is 0 Å². The quantitative estimate of drug-likeness (QED) is 0.415. The van der Waals surface area contributed by atoms with E-state index in [2.05, 4.69) is 46.1 Å². The monoisotopic (exact) mass is 328 g/mol. The molecule has 0 aliphatic carbocycles. The molecular weight excluding hydrogens is 300 g/mol. The van der Waals surface area contributed by atoms with E-state index in [1.165, 1.54) is 29.3 Å². The van der Waals surface area contributed by atoms with Crippen molar-refractivity contribution in [2.45, 2.75) is 39.0 Å². The van der Waals surface area contributed by atoms with Crippen LogP contribution in [-0.2, 0) is 6.42 Å². The molecule has 1 heterocycles. The number of thioether (sulfide) groups is 1. The molecule has 1 rings (SSSR count). The predicted molar refractivity (Wildman–Crippen MR) is 96.9 cm³/mol. The normalized spacial score (nSPS) is 12.0. The van der Waals surface area contributed by atoms with Gasteiger partial charge in [0.15, 0.2) is 5.96 Å². The number of unbranched alkanes of at least 4 members (excludes halogenated alkanes) is 1. The van der Waals surface area contributed by atoms with Crippen molar-refractivity contribution in [1.82, 2.24) is 15.6 Å². The Bertz CT molecular complexity index is 416. The fourth-order valence-corrected chi connectivity index (χ4v) is 3.17. The first-order chi connectivity index (χ1) is 10.2. The second-order valence-corrected chi connectivity index (χ2v) is 7.08. The summed E-state index contributed by atoms with van der Waals surface area (Å²) in [5.41, 5.74) is 1.17. The van der Waals surface area contributed by atoms with Gasteiger partial charge < -0.3 is 10.6 Å². The summed E-state index contributed by atoms with van der Waals surface area (Å²) in [5, 5.41) is 10.1. The van der Waals surface area contributed by atoms with E-state index in [0.717, 1.165) is 25.5 Å². The van der Waals surface area contributed by atoms with Gasteiger partial charge in [-0.3, -0.25) is 4.99 Å². The summed E-state index contributed by atoms with van der Waals surface area (Å²) in [5.74, 6) is 2.64. The molecular formula is C15H28N4S2. The van der Waals surface area contributed by atoms with Gasteiger partial charge in [0, 0.05) is 37.9 Å². The molecule has 0 fully saturated rings. The third-order valence-corrected chi connectivity index (χ3v) is 4.92. The zero-order valence-corrected chi connectivity index (χ0v) is 15.2. The highest BCUT2D eigenvalue weighted by Gasteiger charge is 2.05. The van der Waals surface area contributed by atoms with Crippen LogP contribution in [0.25, 0.3) is 0 Å². The minimum Gasteiger partial charge on any atom is -0.356 e. The highest BCUT2D eigenvalue weighted by molar-refractivity contribution is 7.98. The Labute approximate surface area is 137 Å². The van der Waals surface area contributed by atoms with Gasteiger partial charge in [0.1, 0.15) is 0 Å². The van der Waals surface area contributed by atoms with Crippen molar-refractivity contribution in [2.75, 3.05) is 32.1 Å². The fourth-order valence-electron chi connectivity index (χ4n) is 1.81. The molecule has 1 aromatic rings. The number of nitrogens with one attached hydrogen (secondary N) is 2. The van der Waals surface area contributed by atoms with Crippen molar-refractivity contribution in [3.05, 3.63) is 16.1 Å². The van der Waals surface area contributed by atoms with E-state index < -0.39 is 0 Å². The van der Waals surface area contributed by atoms with Crippen LogP contribution in [0.15, 0.2) is 10.4 Å². The number of aliphatic imine (C=N–C) groups is 1. The highest BCUT2D eigenvalue weighted by atomic mass is 32.2. The van der Waals surface area contributed by atoms with Crippen LogP contribution in [0.3, 0.4) is 0 Å². The minimum absolute atomic E-state index is 0.521. The molecule has 4 nitrogen and oxygen atoms in total. The molecule has 0 aromatic carbocycles. The summed E-state index contributed by atoms with van der Waals surface area (Å²) in [6.45, 7) is 6.22. The first-order valence-corrected chi connectivity index (χ1v) is 9.82. The lowest BCUT2D eigenvalue weighted by atomic mass is 10.2. The van der Waals surface area contributed by atoms with E-state index in [0.29, 0.717) is 5.92 Å². The molecule has 0 bridgehead atoms. The average Bonchev–Trinajstić information content (AvgIpc) is 2.94. The smallest absolute Gasteiger partial charge is 0.190 e. The first kappa shape index (κ1) is 18.3. The van der Waals surface area contributed by atoms with E-state index in [1.54, 1.807) is 11.3 Å². The Balaban J connectivity index is 2.19. The second kappa shape index (κ2) is 10.9. The molecule has 6 heteroatoms. The van der Waals surface area contributed by atoms with Crippen molar-refractivity contribution in [1.29, 1.82) is 0 Å². The number of aromatic nitrogens is 1. The first-order valence-electron chi connectivity index (χ1n) is 7.55. The van der Waals surface area contributed by atoms with Crippen LogP contribution >= 0.6 is 23.1 Å². The maximum absolute atomic E-state index is 4.64. The number of nitrogens with zero attached hydrogens (tertiary/aromatic N) is 2. The summed E-state index contributed by atoms with van der Waals surface area (Å²) in [6, 6.07) is 0. The predicted octanol–water partition coefficient (Wildman–Crippen LogP) is 3.12. The Morgan fingerprint density at radius 1 is 1.33 bits per heavy atom. The maximum Gasteiger partial charge on any atom is 0.190 e. The van der Waals surface area contributed by atoms with Crippen LogP contribution in [0.4, 0.5) is 0 Å². The molecule has 0 spiro atoms. The number of rotatable bonds is 9. The van der Waals surface area contributed by atoms with Crippen molar-refractivity contribution in [3.8, 4) is 0 Å². The van der Waals surface area contributed by atoms with Gasteiger partial charge in [-0.1, -0.05) is 13.8 Å². The van der Waals surface area contributed by atoms with E-state index in [9.17, 15) is 0 Å². The third kappa shape index (κ3) is 7.71. The summed E-state index contributed by atoms with van der Waals surface area (Å²) in [7, 11) is 1.82. The average molecular weight is 329 g/mol. The molecule has 0 atom stereocenters. The number of guanidine groups is 1. The van der Waals surface area contributed by atoms with Gasteiger partial charge in [0.05, 0.1) is 10.7 Å². The van der Waals surface area contributed by atoms with Gasteiger partial charge in [-0.25, -0.2) is 4.98 Å². The van der Waals surface area contributed by atoms with Crippen LogP contribution in [-0.4, -0.2) is 43.1 Å². The third-order valence-electron chi connectivity index (χ3n) is 3.03. The van der Waals surface area contributed by atoms with Gasteiger partial charge in [-0.05, 0) is 24.9 Å². The van der Waals surface area contributed by atoms with E-state index in [-0.39, 0.29) is 0 Å². The Hall–Kier alpha value is -0.750. The van der Waals surface area contributed by atoms with Crippen LogP contribution < -0.4 is 10.6 Å². The Morgan fingerprint density at radius 2 is 2.10 bits per heavy atom. The van der Waals surface area contributed by atoms with Gasteiger partial charge >= 0.3 is 0 Å². The number of hydrogen-bond donors (Lipinski definition) is 2. The van der Waals surface area contributed by atoms with Gasteiger partial charge in [0.2, 0.25) is 0 Å². The minimum atomic E-state index is 0.521. The van der Waals surface area contributed by atoms with Gasteiger partial charge in [-0.2, -0.15) is 11.8 Å². The number of thiazole rings is 1. The highest BCUT2D eigenvalue weighted by Crippen LogP contribution is 2.19. The van der Waals surface area contributed by atoms with E-state index in [4.69, 9.17) is 0 Å². The van der Waals surface area contributed by atoms with Crippen molar-refractivity contribution < 1.29 is 0 Å². The SMILES string of the molecule is CN=C(NCCCCSC)NCCc1csc(C(C)C)n1.